The van der Waals surface area contributed by atoms with Crippen molar-refractivity contribution in [3.05, 3.63) is 24.3 Å². The largest absolute Gasteiger partial charge is 0.495 e. The van der Waals surface area contributed by atoms with Crippen LogP contribution in [0.4, 0.5) is 10.5 Å². The number of nitrogens with one attached hydrogen (secondary N) is 2. The second kappa shape index (κ2) is 8.14. The van der Waals surface area contributed by atoms with Crippen LogP contribution in [0.3, 0.4) is 0 Å². The lowest BCUT2D eigenvalue weighted by atomic mass is 10.0. The first-order valence-electron chi connectivity index (χ1n) is 6.76. The molecule has 116 valence electrons. The molecule has 21 heavy (non-hydrogen) atoms. The van der Waals surface area contributed by atoms with Crippen LogP contribution in [-0.2, 0) is 9.53 Å². The van der Waals surface area contributed by atoms with E-state index < -0.39 is 18.0 Å². The Balaban J connectivity index is 2.71. The number of para-hydroxylation sites is 2. The van der Waals surface area contributed by atoms with Crippen molar-refractivity contribution in [2.75, 3.05) is 19.5 Å². The van der Waals surface area contributed by atoms with Gasteiger partial charge in [0.05, 0.1) is 19.9 Å². The molecule has 0 aliphatic heterocycles. The van der Waals surface area contributed by atoms with Gasteiger partial charge in [0.15, 0.2) is 0 Å². The number of methoxy groups -OCH3 is 2. The molecule has 1 rings (SSSR count). The zero-order chi connectivity index (χ0) is 15.8. The van der Waals surface area contributed by atoms with Crippen molar-refractivity contribution >= 4 is 17.7 Å². The first-order valence-corrected chi connectivity index (χ1v) is 6.76. The van der Waals surface area contributed by atoms with Crippen molar-refractivity contribution in [2.45, 2.75) is 26.3 Å². The molecule has 0 saturated heterocycles. The quantitative estimate of drug-likeness (QED) is 0.790. The van der Waals surface area contributed by atoms with E-state index in [4.69, 9.17) is 9.47 Å². The molecule has 0 spiro atoms. The maximum atomic E-state index is 12.0. The van der Waals surface area contributed by atoms with E-state index in [1.54, 1.807) is 24.3 Å². The molecule has 0 heterocycles. The lowest BCUT2D eigenvalue weighted by Gasteiger charge is -2.19. The monoisotopic (exact) mass is 294 g/mol. The van der Waals surface area contributed by atoms with Crippen molar-refractivity contribution in [1.29, 1.82) is 0 Å². The van der Waals surface area contributed by atoms with Gasteiger partial charge in [0, 0.05) is 0 Å². The van der Waals surface area contributed by atoms with Crippen molar-refractivity contribution in [3.8, 4) is 5.75 Å². The first kappa shape index (κ1) is 16.8. The number of carbonyl (C=O) groups is 2. The predicted octanol–water partition coefficient (Wildman–Crippen LogP) is 2.40. The summed E-state index contributed by atoms with van der Waals surface area (Å²) in [6.07, 6.45) is 0.506. The highest BCUT2D eigenvalue weighted by Gasteiger charge is 2.22. The molecule has 6 nitrogen and oxygen atoms in total. The molecule has 1 atom stereocenters. The van der Waals surface area contributed by atoms with Gasteiger partial charge in [-0.1, -0.05) is 26.0 Å². The number of benzene rings is 1. The average Bonchev–Trinajstić information content (AvgIpc) is 2.45. The molecule has 1 aromatic carbocycles. The number of amides is 2. The number of carbonyl (C=O) groups excluding carboxylic acids is 2. The number of esters is 1. The Morgan fingerprint density at radius 2 is 1.86 bits per heavy atom. The molecule has 0 aliphatic carbocycles. The Kier molecular flexibility index (Phi) is 6.52. The highest BCUT2D eigenvalue weighted by atomic mass is 16.5. The van der Waals surface area contributed by atoms with Gasteiger partial charge in [-0.15, -0.1) is 0 Å². The maximum Gasteiger partial charge on any atom is 0.328 e. The molecule has 0 radical (unpaired) electrons. The SMILES string of the molecule is COC(=O)[C@H](CC(C)C)NC(=O)Nc1ccccc1OC. The standard InChI is InChI=1S/C15H22N2O4/c1-10(2)9-12(14(18)21-4)17-15(19)16-11-7-5-6-8-13(11)20-3/h5-8,10,12H,9H2,1-4H3,(H2,16,17,19)/t12-/m0/s1. The van der Waals surface area contributed by atoms with Gasteiger partial charge in [-0.3, -0.25) is 0 Å². The van der Waals surface area contributed by atoms with Crippen LogP contribution in [0.25, 0.3) is 0 Å². The Morgan fingerprint density at radius 3 is 2.43 bits per heavy atom. The van der Waals surface area contributed by atoms with Crippen LogP contribution in [0.1, 0.15) is 20.3 Å². The van der Waals surface area contributed by atoms with E-state index in [2.05, 4.69) is 10.6 Å². The van der Waals surface area contributed by atoms with Crippen molar-refractivity contribution in [3.63, 3.8) is 0 Å². The molecule has 0 unspecified atom stereocenters. The third-order valence-electron chi connectivity index (χ3n) is 2.85. The zero-order valence-corrected chi connectivity index (χ0v) is 12.8. The highest BCUT2D eigenvalue weighted by molar-refractivity contribution is 5.93. The summed E-state index contributed by atoms with van der Waals surface area (Å²) < 4.78 is 9.85. The summed E-state index contributed by atoms with van der Waals surface area (Å²) in [6.45, 7) is 3.94. The van der Waals surface area contributed by atoms with Gasteiger partial charge < -0.3 is 20.1 Å². The topological polar surface area (TPSA) is 76.7 Å². The maximum absolute atomic E-state index is 12.0. The minimum Gasteiger partial charge on any atom is -0.495 e. The van der Waals surface area contributed by atoms with E-state index in [9.17, 15) is 9.59 Å². The molecular formula is C15H22N2O4. The number of anilines is 1. The van der Waals surface area contributed by atoms with Crippen LogP contribution in [0, 0.1) is 5.92 Å². The fraction of sp³-hybridized carbons (Fsp3) is 0.467. The van der Waals surface area contributed by atoms with Crippen LogP contribution < -0.4 is 15.4 Å². The van der Waals surface area contributed by atoms with Gasteiger partial charge in [0.25, 0.3) is 0 Å². The van der Waals surface area contributed by atoms with E-state index in [0.29, 0.717) is 17.9 Å². The molecule has 6 heteroatoms. The number of rotatable bonds is 6. The van der Waals surface area contributed by atoms with Gasteiger partial charge in [-0.05, 0) is 24.5 Å². The summed E-state index contributed by atoms with van der Waals surface area (Å²) in [7, 11) is 2.82. The van der Waals surface area contributed by atoms with E-state index in [-0.39, 0.29) is 5.92 Å². The van der Waals surface area contributed by atoms with E-state index in [1.807, 2.05) is 13.8 Å². The molecular weight excluding hydrogens is 272 g/mol. The van der Waals surface area contributed by atoms with Gasteiger partial charge in [0.2, 0.25) is 0 Å². The van der Waals surface area contributed by atoms with Crippen LogP contribution in [0.5, 0.6) is 5.75 Å². The summed E-state index contributed by atoms with van der Waals surface area (Å²) in [5.41, 5.74) is 0.533. The molecule has 0 bridgehead atoms. The lowest BCUT2D eigenvalue weighted by molar-refractivity contribution is -0.143. The Bertz CT molecular complexity index is 488. The minimum atomic E-state index is -0.676. The third-order valence-corrected chi connectivity index (χ3v) is 2.85. The first-order chi connectivity index (χ1) is 9.97. The summed E-state index contributed by atoms with van der Waals surface area (Å²) in [6, 6.07) is 5.89. The van der Waals surface area contributed by atoms with Crippen molar-refractivity contribution in [2.24, 2.45) is 5.92 Å². The zero-order valence-electron chi connectivity index (χ0n) is 12.8. The van der Waals surface area contributed by atoms with Crippen LogP contribution in [0.15, 0.2) is 24.3 Å². The number of urea groups is 1. The molecule has 0 aromatic heterocycles. The van der Waals surface area contributed by atoms with Gasteiger partial charge >= 0.3 is 12.0 Å². The molecule has 2 amide bonds. The molecule has 0 fully saturated rings. The summed E-state index contributed by atoms with van der Waals surface area (Å²) in [5, 5.41) is 5.28. The van der Waals surface area contributed by atoms with Crippen LogP contribution in [-0.4, -0.2) is 32.3 Å². The lowest BCUT2D eigenvalue weighted by Crippen LogP contribution is -2.44. The molecule has 1 aromatic rings. The highest BCUT2D eigenvalue weighted by Crippen LogP contribution is 2.22. The second-order valence-corrected chi connectivity index (χ2v) is 5.00. The summed E-state index contributed by atoms with van der Waals surface area (Å²) in [4.78, 5) is 23.7. The smallest absolute Gasteiger partial charge is 0.328 e. The fourth-order valence-electron chi connectivity index (χ4n) is 1.89. The fourth-order valence-corrected chi connectivity index (χ4v) is 1.89. The van der Waals surface area contributed by atoms with Gasteiger partial charge in [-0.25, -0.2) is 9.59 Å². The van der Waals surface area contributed by atoms with E-state index in [1.165, 1.54) is 14.2 Å². The van der Waals surface area contributed by atoms with Crippen molar-refractivity contribution < 1.29 is 19.1 Å². The second-order valence-electron chi connectivity index (χ2n) is 5.00. The number of ether oxygens (including phenoxy) is 2. The Labute approximate surface area is 124 Å². The van der Waals surface area contributed by atoms with Crippen LogP contribution >= 0.6 is 0 Å². The van der Waals surface area contributed by atoms with E-state index >= 15 is 0 Å². The average molecular weight is 294 g/mol. The molecule has 0 aliphatic rings. The van der Waals surface area contributed by atoms with E-state index in [0.717, 1.165) is 0 Å². The third kappa shape index (κ3) is 5.33. The Morgan fingerprint density at radius 1 is 1.19 bits per heavy atom. The molecule has 2 N–H and O–H groups in total. The minimum absolute atomic E-state index is 0.251. The predicted molar refractivity (Wildman–Crippen MR) is 80.4 cm³/mol. The van der Waals surface area contributed by atoms with Crippen LogP contribution in [0.2, 0.25) is 0 Å². The summed E-state index contributed by atoms with van der Waals surface area (Å²) in [5.74, 6) is 0.339. The Hall–Kier alpha value is -2.24. The van der Waals surface area contributed by atoms with Crippen molar-refractivity contribution in [1.82, 2.24) is 5.32 Å². The normalized spacial score (nSPS) is 11.7. The molecule has 0 saturated carbocycles. The van der Waals surface area contributed by atoms with Gasteiger partial charge in [-0.2, -0.15) is 0 Å². The number of hydrogen-bond acceptors (Lipinski definition) is 4. The van der Waals surface area contributed by atoms with Gasteiger partial charge in [0.1, 0.15) is 11.8 Å². The number of hydrogen-bond donors (Lipinski definition) is 2. The summed E-state index contributed by atoms with van der Waals surface area (Å²) >= 11 is 0.